The second kappa shape index (κ2) is 4.30. The van der Waals surface area contributed by atoms with Gasteiger partial charge in [-0.3, -0.25) is 4.98 Å². The zero-order valence-electron chi connectivity index (χ0n) is 10.6. The van der Waals surface area contributed by atoms with Crippen LogP contribution >= 0.6 is 0 Å². The third-order valence-electron chi connectivity index (χ3n) is 3.07. The zero-order valence-corrected chi connectivity index (χ0v) is 10.6. The molecular weight excluding hydrogens is 222 g/mol. The molecule has 0 aliphatic rings. The van der Waals surface area contributed by atoms with Crippen molar-refractivity contribution in [3.63, 3.8) is 0 Å². The summed E-state index contributed by atoms with van der Waals surface area (Å²) in [6.07, 6.45) is 1.87. The van der Waals surface area contributed by atoms with E-state index in [2.05, 4.69) is 31.0 Å². The van der Waals surface area contributed by atoms with E-state index in [-0.39, 0.29) is 0 Å². The zero-order chi connectivity index (χ0) is 12.5. The van der Waals surface area contributed by atoms with E-state index in [1.165, 1.54) is 0 Å². The van der Waals surface area contributed by atoms with Gasteiger partial charge in [-0.25, -0.2) is 0 Å². The average Bonchev–Trinajstić information content (AvgIpc) is 2.88. The van der Waals surface area contributed by atoms with Gasteiger partial charge in [-0.15, -0.1) is 0 Å². The van der Waals surface area contributed by atoms with Crippen LogP contribution in [0.1, 0.15) is 25.5 Å². The molecule has 90 valence electrons. The van der Waals surface area contributed by atoms with Crippen LogP contribution in [0.15, 0.2) is 53.1 Å². The minimum absolute atomic E-state index is 0.409. The van der Waals surface area contributed by atoms with Crippen molar-refractivity contribution in [2.45, 2.75) is 19.8 Å². The molecule has 0 saturated heterocycles. The van der Waals surface area contributed by atoms with Crippen LogP contribution in [-0.2, 0) is 0 Å². The van der Waals surface area contributed by atoms with E-state index >= 15 is 0 Å². The number of aromatic nitrogens is 1. The summed E-state index contributed by atoms with van der Waals surface area (Å²) in [5.74, 6) is 2.31. The maximum absolute atomic E-state index is 5.84. The fourth-order valence-corrected chi connectivity index (χ4v) is 2.02. The highest BCUT2D eigenvalue weighted by Gasteiger charge is 2.08. The van der Waals surface area contributed by atoms with Crippen LogP contribution in [0.5, 0.6) is 0 Å². The molecule has 0 radical (unpaired) electrons. The van der Waals surface area contributed by atoms with E-state index in [0.29, 0.717) is 5.92 Å². The van der Waals surface area contributed by atoms with Crippen LogP contribution < -0.4 is 0 Å². The molecule has 3 rings (SSSR count). The summed E-state index contributed by atoms with van der Waals surface area (Å²) in [5.41, 5.74) is 2.04. The van der Waals surface area contributed by atoms with Crippen LogP contribution in [0.3, 0.4) is 0 Å². The summed E-state index contributed by atoms with van der Waals surface area (Å²) in [6, 6.07) is 14.3. The maximum atomic E-state index is 5.84. The number of nitrogens with zero attached hydrogens (tertiary/aromatic N) is 1. The van der Waals surface area contributed by atoms with E-state index in [0.717, 1.165) is 28.0 Å². The Hall–Kier alpha value is -2.09. The van der Waals surface area contributed by atoms with E-state index in [1.54, 1.807) is 0 Å². The molecule has 0 amide bonds. The van der Waals surface area contributed by atoms with Gasteiger partial charge in [0, 0.05) is 23.1 Å². The predicted molar refractivity (Wildman–Crippen MR) is 73.5 cm³/mol. The van der Waals surface area contributed by atoms with Gasteiger partial charge in [0.05, 0.1) is 5.52 Å². The monoisotopic (exact) mass is 237 g/mol. The van der Waals surface area contributed by atoms with Gasteiger partial charge >= 0.3 is 0 Å². The number of para-hydroxylation sites is 1. The highest BCUT2D eigenvalue weighted by Crippen LogP contribution is 2.27. The first-order valence-electron chi connectivity index (χ1n) is 6.19. The summed E-state index contributed by atoms with van der Waals surface area (Å²) >= 11 is 0. The van der Waals surface area contributed by atoms with Crippen LogP contribution in [0.2, 0.25) is 0 Å². The van der Waals surface area contributed by atoms with Crippen LogP contribution in [0, 0.1) is 0 Å². The third-order valence-corrected chi connectivity index (χ3v) is 3.07. The molecule has 2 nitrogen and oxygen atoms in total. The van der Waals surface area contributed by atoms with Gasteiger partial charge in [-0.2, -0.15) is 0 Å². The highest BCUT2D eigenvalue weighted by molar-refractivity contribution is 5.82. The average molecular weight is 237 g/mol. The lowest BCUT2D eigenvalue weighted by molar-refractivity contribution is 0.498. The summed E-state index contributed by atoms with van der Waals surface area (Å²) in [4.78, 5) is 4.45. The van der Waals surface area contributed by atoms with Crippen molar-refractivity contribution in [1.29, 1.82) is 0 Å². The predicted octanol–water partition coefficient (Wildman–Crippen LogP) is 4.62. The molecule has 18 heavy (non-hydrogen) atoms. The first kappa shape index (κ1) is 11.0. The lowest BCUT2D eigenvalue weighted by Crippen LogP contribution is -1.82. The second-order valence-electron chi connectivity index (χ2n) is 4.77. The van der Waals surface area contributed by atoms with Crippen molar-refractivity contribution in [3.05, 3.63) is 54.4 Å². The Kier molecular flexibility index (Phi) is 2.63. The Morgan fingerprint density at radius 1 is 1.06 bits per heavy atom. The summed E-state index contributed by atoms with van der Waals surface area (Å²) in [7, 11) is 0. The number of hydrogen-bond acceptors (Lipinski definition) is 2. The van der Waals surface area contributed by atoms with E-state index in [1.807, 2.05) is 36.5 Å². The Balaban J connectivity index is 2.07. The van der Waals surface area contributed by atoms with Gasteiger partial charge in [-0.05, 0) is 24.3 Å². The van der Waals surface area contributed by atoms with Gasteiger partial charge in [0.1, 0.15) is 11.5 Å². The number of benzene rings is 1. The van der Waals surface area contributed by atoms with E-state index in [4.69, 9.17) is 4.42 Å². The summed E-state index contributed by atoms with van der Waals surface area (Å²) in [6.45, 7) is 4.25. The minimum Gasteiger partial charge on any atom is -0.461 e. The van der Waals surface area contributed by atoms with Crippen molar-refractivity contribution in [2.75, 3.05) is 0 Å². The third kappa shape index (κ3) is 1.90. The SMILES string of the molecule is CC(C)c1ccc(-c2cnc3ccccc3c2)o1. The van der Waals surface area contributed by atoms with E-state index in [9.17, 15) is 0 Å². The van der Waals surface area contributed by atoms with Crippen molar-refractivity contribution in [1.82, 2.24) is 4.98 Å². The van der Waals surface area contributed by atoms with Gasteiger partial charge in [0.15, 0.2) is 0 Å². The van der Waals surface area contributed by atoms with Crippen molar-refractivity contribution >= 4 is 10.9 Å². The highest BCUT2D eigenvalue weighted by atomic mass is 16.3. The molecule has 2 heteroatoms. The molecule has 0 atom stereocenters. The maximum Gasteiger partial charge on any atom is 0.135 e. The fourth-order valence-electron chi connectivity index (χ4n) is 2.02. The Labute approximate surface area is 106 Å². The molecule has 2 heterocycles. The minimum atomic E-state index is 0.409. The topological polar surface area (TPSA) is 26.0 Å². The number of pyridine rings is 1. The second-order valence-corrected chi connectivity index (χ2v) is 4.77. The normalized spacial score (nSPS) is 11.3. The first-order chi connectivity index (χ1) is 8.74. The lowest BCUT2D eigenvalue weighted by Gasteiger charge is -2.01. The molecule has 1 aromatic carbocycles. The number of rotatable bonds is 2. The summed E-state index contributed by atoms with van der Waals surface area (Å²) in [5, 5.41) is 1.14. The fraction of sp³-hybridized carbons (Fsp3) is 0.188. The standard InChI is InChI=1S/C16H15NO/c1-11(2)15-7-8-16(18-15)13-9-12-5-3-4-6-14(12)17-10-13/h3-11H,1-2H3. The Bertz CT molecular complexity index is 682. The smallest absolute Gasteiger partial charge is 0.135 e. The molecule has 0 N–H and O–H groups in total. The van der Waals surface area contributed by atoms with Crippen LogP contribution in [0.4, 0.5) is 0 Å². The molecule has 0 unspecified atom stereocenters. The molecule has 0 spiro atoms. The number of hydrogen-bond donors (Lipinski definition) is 0. The van der Waals surface area contributed by atoms with Crippen molar-refractivity contribution in [2.24, 2.45) is 0 Å². The molecule has 2 aromatic heterocycles. The Morgan fingerprint density at radius 2 is 1.89 bits per heavy atom. The van der Waals surface area contributed by atoms with Gasteiger partial charge < -0.3 is 4.42 Å². The Morgan fingerprint density at radius 3 is 2.67 bits per heavy atom. The number of fused-ring (bicyclic) bond motifs is 1. The number of furan rings is 1. The van der Waals surface area contributed by atoms with Crippen molar-refractivity contribution in [3.8, 4) is 11.3 Å². The lowest BCUT2D eigenvalue weighted by atomic mass is 10.1. The van der Waals surface area contributed by atoms with Gasteiger partial charge in [-0.1, -0.05) is 32.0 Å². The van der Waals surface area contributed by atoms with E-state index < -0.39 is 0 Å². The largest absolute Gasteiger partial charge is 0.461 e. The van der Waals surface area contributed by atoms with Crippen molar-refractivity contribution < 1.29 is 4.42 Å². The molecule has 0 aliphatic carbocycles. The molecule has 0 fully saturated rings. The molecular formula is C16H15NO. The molecule has 0 aliphatic heterocycles. The summed E-state index contributed by atoms with van der Waals surface area (Å²) < 4.78 is 5.84. The van der Waals surface area contributed by atoms with Gasteiger partial charge in [0.2, 0.25) is 0 Å². The van der Waals surface area contributed by atoms with Gasteiger partial charge in [0.25, 0.3) is 0 Å². The first-order valence-corrected chi connectivity index (χ1v) is 6.19. The van der Waals surface area contributed by atoms with Crippen LogP contribution in [0.25, 0.3) is 22.2 Å². The van der Waals surface area contributed by atoms with Crippen LogP contribution in [-0.4, -0.2) is 4.98 Å². The molecule has 0 bridgehead atoms. The molecule has 0 saturated carbocycles. The quantitative estimate of drug-likeness (QED) is 0.650. The molecule has 3 aromatic rings.